The summed E-state index contributed by atoms with van der Waals surface area (Å²) >= 11 is 0. The second-order valence-corrected chi connectivity index (χ2v) is 4.75. The van der Waals surface area contributed by atoms with E-state index in [1.807, 2.05) is 12.1 Å². The molecule has 0 heterocycles. The van der Waals surface area contributed by atoms with Crippen LogP contribution in [0.25, 0.3) is 0 Å². The molecule has 0 amide bonds. The van der Waals surface area contributed by atoms with Crippen molar-refractivity contribution in [2.45, 2.75) is 19.8 Å². The number of hydrogen-bond donors (Lipinski definition) is 1. The number of nitrogens with two attached hydrogens (primary N) is 1. The third-order valence-corrected chi connectivity index (χ3v) is 3.36. The van der Waals surface area contributed by atoms with E-state index in [2.05, 4.69) is 11.8 Å². The van der Waals surface area contributed by atoms with E-state index in [4.69, 9.17) is 10.5 Å². The fraction of sp³-hybridized carbons (Fsp3) is 0.500. The highest BCUT2D eigenvalue weighted by Gasteiger charge is 2.24. The van der Waals surface area contributed by atoms with Gasteiger partial charge in [-0.3, -0.25) is 0 Å². The van der Waals surface area contributed by atoms with Gasteiger partial charge in [0.25, 0.3) is 0 Å². The maximum Gasteiger partial charge on any atom is 0.340 e. The summed E-state index contributed by atoms with van der Waals surface area (Å²) in [6, 6.07) is 5.57. The predicted molar refractivity (Wildman–Crippen MR) is 72.8 cm³/mol. The van der Waals surface area contributed by atoms with Gasteiger partial charge in [0.2, 0.25) is 0 Å². The predicted octanol–water partition coefficient (Wildman–Crippen LogP) is 2.29. The Morgan fingerprint density at radius 2 is 2.22 bits per heavy atom. The Hall–Kier alpha value is -1.71. The van der Waals surface area contributed by atoms with Gasteiger partial charge in [0.15, 0.2) is 0 Å². The topological polar surface area (TPSA) is 55.6 Å². The number of methoxy groups -OCH3 is 1. The Bertz CT molecular complexity index is 441. The molecule has 0 bridgehead atoms. The fourth-order valence-electron chi connectivity index (χ4n) is 2.06. The summed E-state index contributed by atoms with van der Waals surface area (Å²) < 4.78 is 4.74. The van der Waals surface area contributed by atoms with Gasteiger partial charge in [-0.05, 0) is 43.9 Å². The first kappa shape index (κ1) is 12.7. The highest BCUT2D eigenvalue weighted by Crippen LogP contribution is 2.32. The van der Waals surface area contributed by atoms with Crippen molar-refractivity contribution in [3.05, 3.63) is 23.8 Å². The van der Waals surface area contributed by atoms with Crippen molar-refractivity contribution >= 4 is 17.3 Å². The van der Waals surface area contributed by atoms with Gasteiger partial charge in [-0.25, -0.2) is 4.79 Å². The lowest BCUT2D eigenvalue weighted by molar-refractivity contribution is 0.0602. The number of carbonyl (C=O) groups is 1. The minimum atomic E-state index is -0.378. The molecule has 1 fully saturated rings. The summed E-state index contributed by atoms with van der Waals surface area (Å²) in [5, 5.41) is 0. The highest BCUT2D eigenvalue weighted by molar-refractivity contribution is 5.96. The average Bonchev–Trinajstić information content (AvgIpc) is 3.20. The third-order valence-electron chi connectivity index (χ3n) is 3.36. The first-order chi connectivity index (χ1) is 8.65. The SMILES string of the molecule is CCN(CC1CC1)c1ccc(N)c(C(=O)OC)c1. The van der Waals surface area contributed by atoms with Gasteiger partial charge in [0.05, 0.1) is 12.7 Å². The molecule has 1 aromatic rings. The van der Waals surface area contributed by atoms with E-state index in [0.717, 1.165) is 24.7 Å². The fourth-order valence-corrected chi connectivity index (χ4v) is 2.06. The van der Waals surface area contributed by atoms with E-state index >= 15 is 0 Å². The molecule has 0 saturated heterocycles. The summed E-state index contributed by atoms with van der Waals surface area (Å²) in [5.41, 5.74) is 7.76. The Kier molecular flexibility index (Phi) is 3.75. The van der Waals surface area contributed by atoms with Crippen molar-refractivity contribution in [1.82, 2.24) is 0 Å². The van der Waals surface area contributed by atoms with Crippen LogP contribution in [0.1, 0.15) is 30.1 Å². The molecule has 0 spiro atoms. The zero-order chi connectivity index (χ0) is 13.1. The highest BCUT2D eigenvalue weighted by atomic mass is 16.5. The number of carbonyl (C=O) groups excluding carboxylic acids is 1. The summed E-state index contributed by atoms with van der Waals surface area (Å²) in [6.07, 6.45) is 2.63. The van der Waals surface area contributed by atoms with Gasteiger partial charge in [-0.1, -0.05) is 0 Å². The average molecular weight is 248 g/mol. The number of nitrogen functional groups attached to an aromatic ring is 1. The van der Waals surface area contributed by atoms with E-state index in [0.29, 0.717) is 11.3 Å². The van der Waals surface area contributed by atoms with Crippen molar-refractivity contribution in [3.8, 4) is 0 Å². The number of esters is 1. The van der Waals surface area contributed by atoms with Crippen molar-refractivity contribution in [3.63, 3.8) is 0 Å². The van der Waals surface area contributed by atoms with Crippen LogP contribution in [0.2, 0.25) is 0 Å². The molecule has 0 unspecified atom stereocenters. The molecule has 1 aliphatic rings. The molecular weight excluding hydrogens is 228 g/mol. The molecule has 1 saturated carbocycles. The van der Waals surface area contributed by atoms with Crippen LogP contribution in [0.4, 0.5) is 11.4 Å². The van der Waals surface area contributed by atoms with E-state index in [9.17, 15) is 4.79 Å². The Balaban J connectivity index is 2.23. The van der Waals surface area contributed by atoms with Crippen LogP contribution in [-0.4, -0.2) is 26.2 Å². The lowest BCUT2D eigenvalue weighted by atomic mass is 10.1. The zero-order valence-corrected chi connectivity index (χ0v) is 11.0. The first-order valence-electron chi connectivity index (χ1n) is 6.38. The van der Waals surface area contributed by atoms with Gasteiger partial charge >= 0.3 is 5.97 Å². The van der Waals surface area contributed by atoms with Crippen LogP contribution in [0.3, 0.4) is 0 Å². The molecule has 98 valence electrons. The van der Waals surface area contributed by atoms with Crippen LogP contribution >= 0.6 is 0 Å². The normalized spacial score (nSPS) is 14.3. The smallest absolute Gasteiger partial charge is 0.340 e. The first-order valence-corrected chi connectivity index (χ1v) is 6.38. The van der Waals surface area contributed by atoms with Crippen LogP contribution in [0, 0.1) is 5.92 Å². The summed E-state index contributed by atoms with van der Waals surface area (Å²) in [4.78, 5) is 13.9. The molecule has 4 heteroatoms. The molecule has 4 nitrogen and oxygen atoms in total. The Morgan fingerprint density at radius 3 is 2.78 bits per heavy atom. The summed E-state index contributed by atoms with van der Waals surface area (Å²) in [5.74, 6) is 0.431. The van der Waals surface area contributed by atoms with Crippen molar-refractivity contribution in [2.24, 2.45) is 5.92 Å². The number of rotatable bonds is 5. The standard InChI is InChI=1S/C14H20N2O2/c1-3-16(9-10-4-5-10)11-6-7-13(15)12(8-11)14(17)18-2/h6-8,10H,3-5,9,15H2,1-2H3. The maximum absolute atomic E-state index is 11.6. The maximum atomic E-state index is 11.6. The molecule has 2 rings (SSSR count). The molecule has 1 aromatic carbocycles. The van der Waals surface area contributed by atoms with E-state index < -0.39 is 0 Å². The van der Waals surface area contributed by atoms with Crippen LogP contribution in [0.15, 0.2) is 18.2 Å². The number of anilines is 2. The lowest BCUT2D eigenvalue weighted by Gasteiger charge is -2.23. The quantitative estimate of drug-likeness (QED) is 0.641. The monoisotopic (exact) mass is 248 g/mol. The van der Waals surface area contributed by atoms with Gasteiger partial charge < -0.3 is 15.4 Å². The molecule has 18 heavy (non-hydrogen) atoms. The summed E-state index contributed by atoms with van der Waals surface area (Å²) in [7, 11) is 1.37. The van der Waals surface area contributed by atoms with E-state index in [1.54, 1.807) is 6.07 Å². The molecule has 1 aliphatic carbocycles. The van der Waals surface area contributed by atoms with Crippen LogP contribution in [-0.2, 0) is 4.74 Å². The van der Waals surface area contributed by atoms with Crippen molar-refractivity contribution in [2.75, 3.05) is 30.8 Å². The number of hydrogen-bond acceptors (Lipinski definition) is 4. The molecule has 0 atom stereocenters. The van der Waals surface area contributed by atoms with Gasteiger partial charge in [0.1, 0.15) is 0 Å². The molecule has 0 radical (unpaired) electrons. The molecule has 2 N–H and O–H groups in total. The van der Waals surface area contributed by atoms with Crippen molar-refractivity contribution in [1.29, 1.82) is 0 Å². The minimum Gasteiger partial charge on any atom is -0.465 e. The summed E-state index contributed by atoms with van der Waals surface area (Å²) in [6.45, 7) is 4.11. The second-order valence-electron chi connectivity index (χ2n) is 4.75. The third kappa shape index (κ3) is 2.75. The largest absolute Gasteiger partial charge is 0.465 e. The Labute approximate surface area is 108 Å². The molecular formula is C14H20N2O2. The van der Waals surface area contributed by atoms with Crippen LogP contribution in [0.5, 0.6) is 0 Å². The number of ether oxygens (including phenoxy) is 1. The van der Waals surface area contributed by atoms with Crippen molar-refractivity contribution < 1.29 is 9.53 Å². The Morgan fingerprint density at radius 1 is 1.50 bits per heavy atom. The van der Waals surface area contributed by atoms with E-state index in [-0.39, 0.29) is 5.97 Å². The van der Waals surface area contributed by atoms with E-state index in [1.165, 1.54) is 20.0 Å². The van der Waals surface area contributed by atoms with Crippen LogP contribution < -0.4 is 10.6 Å². The minimum absolute atomic E-state index is 0.378. The number of benzene rings is 1. The number of nitrogens with zero attached hydrogens (tertiary/aromatic N) is 1. The lowest BCUT2D eigenvalue weighted by Crippen LogP contribution is -2.25. The van der Waals surface area contributed by atoms with Gasteiger partial charge in [0, 0.05) is 24.5 Å². The second kappa shape index (κ2) is 5.29. The zero-order valence-electron chi connectivity index (χ0n) is 11.0. The van der Waals surface area contributed by atoms with Gasteiger partial charge in [-0.2, -0.15) is 0 Å². The van der Waals surface area contributed by atoms with Gasteiger partial charge in [-0.15, -0.1) is 0 Å². The molecule has 0 aromatic heterocycles. The molecule has 0 aliphatic heterocycles.